The first-order valence-corrected chi connectivity index (χ1v) is 7.87. The summed E-state index contributed by atoms with van der Waals surface area (Å²) in [5.74, 6) is -0.244. The highest BCUT2D eigenvalue weighted by Crippen LogP contribution is 2.24. The maximum absolute atomic E-state index is 12.3. The minimum atomic E-state index is -0.495. The van der Waals surface area contributed by atoms with Gasteiger partial charge in [0.25, 0.3) is 0 Å². The second kappa shape index (κ2) is 8.70. The fraction of sp³-hybridized carbons (Fsp3) is 0.500. The monoisotopic (exact) mass is 320 g/mol. The van der Waals surface area contributed by atoms with Crippen LogP contribution in [0.15, 0.2) is 30.4 Å². The lowest BCUT2D eigenvalue weighted by Crippen LogP contribution is -2.25. The highest BCUT2D eigenvalue weighted by molar-refractivity contribution is 5.94. The number of fused-ring (bicyclic) bond motifs is 1. The Morgan fingerprint density at radius 2 is 2.17 bits per heavy atom. The van der Waals surface area contributed by atoms with Crippen LogP contribution in [0.25, 0.3) is 0 Å². The summed E-state index contributed by atoms with van der Waals surface area (Å²) in [6.45, 7) is 2.57. The number of ether oxygens (including phenoxy) is 3. The van der Waals surface area contributed by atoms with E-state index in [0.717, 1.165) is 12.0 Å². The number of allylic oxidation sites excluding steroid dienone is 2. The van der Waals surface area contributed by atoms with Crippen molar-refractivity contribution in [2.24, 2.45) is 5.92 Å². The van der Waals surface area contributed by atoms with Gasteiger partial charge in [-0.1, -0.05) is 31.2 Å². The van der Waals surface area contributed by atoms with E-state index >= 15 is 0 Å². The second-order valence-corrected chi connectivity index (χ2v) is 5.74. The fourth-order valence-corrected chi connectivity index (χ4v) is 2.69. The van der Waals surface area contributed by atoms with Gasteiger partial charge in [0.15, 0.2) is 0 Å². The Bertz CT molecular complexity index is 552. The SMILES string of the molecule is COCOC1CCOC(=O)c2c(O)cccc2C/C=C/CC1C. The largest absolute Gasteiger partial charge is 0.507 e. The van der Waals surface area contributed by atoms with Crippen molar-refractivity contribution in [3.05, 3.63) is 41.5 Å². The van der Waals surface area contributed by atoms with Gasteiger partial charge in [-0.15, -0.1) is 0 Å². The molecule has 0 aromatic heterocycles. The van der Waals surface area contributed by atoms with Crippen LogP contribution in [-0.4, -0.2) is 37.7 Å². The van der Waals surface area contributed by atoms with Crippen LogP contribution >= 0.6 is 0 Å². The number of carbonyl (C=O) groups excluding carboxylic acids is 1. The molecule has 1 heterocycles. The molecule has 5 heteroatoms. The molecular formula is C18H24O5. The summed E-state index contributed by atoms with van der Waals surface area (Å²) in [6.07, 6.45) is 6.10. The average molecular weight is 320 g/mol. The quantitative estimate of drug-likeness (QED) is 0.527. The lowest BCUT2D eigenvalue weighted by Gasteiger charge is -2.23. The van der Waals surface area contributed by atoms with Gasteiger partial charge in [-0.3, -0.25) is 0 Å². The van der Waals surface area contributed by atoms with Crippen LogP contribution < -0.4 is 0 Å². The minimum Gasteiger partial charge on any atom is -0.507 e. The van der Waals surface area contributed by atoms with Gasteiger partial charge in [-0.25, -0.2) is 4.79 Å². The first-order chi connectivity index (χ1) is 11.1. The summed E-state index contributed by atoms with van der Waals surface area (Å²) < 4.78 is 16.0. The Kier molecular flexibility index (Phi) is 6.62. The number of aromatic hydroxyl groups is 1. The molecule has 0 bridgehead atoms. The molecule has 2 atom stereocenters. The molecule has 0 saturated heterocycles. The van der Waals surface area contributed by atoms with Gasteiger partial charge in [0.1, 0.15) is 18.1 Å². The molecule has 1 N–H and O–H groups in total. The summed E-state index contributed by atoms with van der Waals surface area (Å²) in [4.78, 5) is 12.3. The van der Waals surface area contributed by atoms with Gasteiger partial charge >= 0.3 is 5.97 Å². The number of rotatable bonds is 3. The number of phenols is 1. The zero-order chi connectivity index (χ0) is 16.7. The van der Waals surface area contributed by atoms with Crippen LogP contribution in [-0.2, 0) is 20.6 Å². The Morgan fingerprint density at radius 1 is 1.35 bits per heavy atom. The Labute approximate surface area is 136 Å². The van der Waals surface area contributed by atoms with E-state index in [0.29, 0.717) is 18.8 Å². The normalized spacial score (nSPS) is 24.0. The molecule has 0 aliphatic carbocycles. The van der Waals surface area contributed by atoms with Crippen LogP contribution in [0, 0.1) is 5.92 Å². The smallest absolute Gasteiger partial charge is 0.342 e. The molecule has 0 saturated carbocycles. The van der Waals surface area contributed by atoms with Crippen molar-refractivity contribution in [2.75, 3.05) is 20.5 Å². The van der Waals surface area contributed by atoms with Crippen LogP contribution in [0.5, 0.6) is 5.75 Å². The third-order valence-corrected chi connectivity index (χ3v) is 4.02. The van der Waals surface area contributed by atoms with E-state index in [9.17, 15) is 9.90 Å². The van der Waals surface area contributed by atoms with E-state index in [2.05, 4.69) is 13.0 Å². The maximum Gasteiger partial charge on any atom is 0.342 e. The van der Waals surface area contributed by atoms with Crippen LogP contribution in [0.3, 0.4) is 0 Å². The van der Waals surface area contributed by atoms with Crippen molar-refractivity contribution >= 4 is 5.97 Å². The van der Waals surface area contributed by atoms with Crippen LogP contribution in [0.2, 0.25) is 0 Å². The number of methoxy groups -OCH3 is 1. The van der Waals surface area contributed by atoms with Gasteiger partial charge in [0.05, 0.1) is 12.7 Å². The molecule has 0 amide bonds. The molecule has 23 heavy (non-hydrogen) atoms. The fourth-order valence-electron chi connectivity index (χ4n) is 2.69. The van der Waals surface area contributed by atoms with E-state index in [1.807, 2.05) is 12.1 Å². The van der Waals surface area contributed by atoms with Crippen LogP contribution in [0.1, 0.15) is 35.7 Å². The minimum absolute atomic E-state index is 0.0430. The summed E-state index contributed by atoms with van der Waals surface area (Å²) in [5.41, 5.74) is 1.02. The number of carbonyl (C=O) groups is 1. The van der Waals surface area contributed by atoms with Crippen molar-refractivity contribution in [3.63, 3.8) is 0 Å². The number of cyclic esters (lactones) is 1. The van der Waals surface area contributed by atoms with Gasteiger partial charge < -0.3 is 19.3 Å². The van der Waals surface area contributed by atoms with Gasteiger partial charge in [-0.05, 0) is 30.4 Å². The Balaban J connectivity index is 2.18. The zero-order valence-electron chi connectivity index (χ0n) is 13.7. The maximum atomic E-state index is 12.3. The molecule has 5 nitrogen and oxygen atoms in total. The molecule has 1 aromatic carbocycles. The highest BCUT2D eigenvalue weighted by Gasteiger charge is 2.21. The third-order valence-electron chi connectivity index (χ3n) is 4.02. The van der Waals surface area contributed by atoms with Gasteiger partial charge in [0, 0.05) is 13.5 Å². The van der Waals surface area contributed by atoms with Gasteiger partial charge in [0.2, 0.25) is 0 Å². The lowest BCUT2D eigenvalue weighted by atomic mass is 9.96. The number of hydrogen-bond donors (Lipinski definition) is 1. The molecule has 1 aliphatic heterocycles. The van der Waals surface area contributed by atoms with E-state index in [-0.39, 0.29) is 30.8 Å². The first-order valence-electron chi connectivity index (χ1n) is 7.87. The summed E-state index contributed by atoms with van der Waals surface area (Å²) in [7, 11) is 1.58. The summed E-state index contributed by atoms with van der Waals surface area (Å²) in [6, 6.07) is 5.07. The van der Waals surface area contributed by atoms with E-state index < -0.39 is 5.97 Å². The van der Waals surface area contributed by atoms with Crippen molar-refractivity contribution < 1.29 is 24.1 Å². The van der Waals surface area contributed by atoms with E-state index in [1.165, 1.54) is 6.07 Å². The van der Waals surface area contributed by atoms with Crippen molar-refractivity contribution in [1.29, 1.82) is 0 Å². The predicted molar refractivity (Wildman–Crippen MR) is 86.4 cm³/mol. The molecule has 1 aliphatic rings. The molecule has 1 aromatic rings. The third kappa shape index (κ3) is 4.81. The Morgan fingerprint density at radius 3 is 2.96 bits per heavy atom. The number of benzene rings is 1. The first kappa shape index (κ1) is 17.5. The van der Waals surface area contributed by atoms with Crippen molar-refractivity contribution in [2.45, 2.75) is 32.3 Å². The average Bonchev–Trinajstić information content (AvgIpc) is 2.53. The molecule has 126 valence electrons. The molecule has 2 rings (SSSR count). The molecule has 2 unspecified atom stereocenters. The second-order valence-electron chi connectivity index (χ2n) is 5.74. The Hall–Kier alpha value is -1.85. The van der Waals surface area contributed by atoms with Gasteiger partial charge in [-0.2, -0.15) is 0 Å². The van der Waals surface area contributed by atoms with Crippen LogP contribution in [0.4, 0.5) is 0 Å². The number of hydrogen-bond acceptors (Lipinski definition) is 5. The standard InChI is InChI=1S/C18H24O5/c1-13-6-3-4-7-14-8-5-9-15(19)17(14)18(20)22-11-10-16(13)23-12-21-2/h3-5,8-9,13,16,19H,6-7,10-12H2,1-2H3/b4-3+. The van der Waals surface area contributed by atoms with Crippen molar-refractivity contribution in [1.82, 2.24) is 0 Å². The highest BCUT2D eigenvalue weighted by atomic mass is 16.7. The van der Waals surface area contributed by atoms with E-state index in [1.54, 1.807) is 13.2 Å². The number of esters is 1. The molecule has 0 radical (unpaired) electrons. The molecular weight excluding hydrogens is 296 g/mol. The lowest BCUT2D eigenvalue weighted by molar-refractivity contribution is -0.0950. The summed E-state index contributed by atoms with van der Waals surface area (Å²) >= 11 is 0. The predicted octanol–water partition coefficient (Wildman–Crippen LogP) is 3.07. The van der Waals surface area contributed by atoms with E-state index in [4.69, 9.17) is 14.2 Å². The number of phenolic OH excluding ortho intramolecular Hbond substituents is 1. The topological polar surface area (TPSA) is 65.0 Å². The zero-order valence-corrected chi connectivity index (χ0v) is 13.7. The van der Waals surface area contributed by atoms with Crippen molar-refractivity contribution in [3.8, 4) is 5.75 Å². The molecule has 0 fully saturated rings. The summed E-state index contributed by atoms with van der Waals surface area (Å²) in [5, 5.41) is 9.98. The molecule has 0 spiro atoms.